The van der Waals surface area contributed by atoms with Crippen LogP contribution < -0.4 is 10.1 Å². The molecule has 0 unspecified atom stereocenters. The highest BCUT2D eigenvalue weighted by molar-refractivity contribution is 9.10. The van der Waals surface area contributed by atoms with E-state index >= 15 is 0 Å². The number of nitrogens with one attached hydrogen (secondary N) is 1. The second-order valence-corrected chi connectivity index (χ2v) is 5.32. The molecule has 2 rings (SSSR count). The predicted octanol–water partition coefficient (Wildman–Crippen LogP) is 5.00. The summed E-state index contributed by atoms with van der Waals surface area (Å²) in [4.78, 5) is 0. The lowest BCUT2D eigenvalue weighted by atomic mass is 10.2. The molecule has 0 heterocycles. The zero-order chi connectivity index (χ0) is 14.7. The van der Waals surface area contributed by atoms with Crippen LogP contribution in [0.15, 0.2) is 34.8 Å². The van der Waals surface area contributed by atoms with E-state index in [-0.39, 0.29) is 17.4 Å². The van der Waals surface area contributed by atoms with Gasteiger partial charge in [0, 0.05) is 22.6 Å². The van der Waals surface area contributed by atoms with E-state index in [4.69, 9.17) is 16.3 Å². The molecular weight excluding hydrogens is 352 g/mol. The Labute approximate surface area is 128 Å². The van der Waals surface area contributed by atoms with Gasteiger partial charge in [0.15, 0.2) is 0 Å². The minimum Gasteiger partial charge on any atom is -0.497 e. The minimum absolute atomic E-state index is 0.222. The standard InChI is InChI=1S/C14H11BrClF2NO/c1-20-10-3-2-8(13(18)6-10)7-19-14-11(15)4-9(17)5-12(14)16/h2-6,19H,7H2,1H3. The van der Waals surface area contributed by atoms with Crippen molar-refractivity contribution in [3.8, 4) is 5.75 Å². The summed E-state index contributed by atoms with van der Waals surface area (Å²) >= 11 is 9.15. The molecule has 0 bridgehead atoms. The highest BCUT2D eigenvalue weighted by Crippen LogP contribution is 2.32. The van der Waals surface area contributed by atoms with E-state index in [2.05, 4.69) is 21.2 Å². The van der Waals surface area contributed by atoms with Crippen LogP contribution in [0.1, 0.15) is 5.56 Å². The maximum absolute atomic E-state index is 13.8. The second kappa shape index (κ2) is 6.41. The molecule has 0 fully saturated rings. The fraction of sp³-hybridized carbons (Fsp3) is 0.143. The van der Waals surface area contributed by atoms with Gasteiger partial charge in [0.25, 0.3) is 0 Å². The van der Waals surface area contributed by atoms with E-state index in [1.807, 2.05) is 0 Å². The molecule has 20 heavy (non-hydrogen) atoms. The first-order valence-corrected chi connectivity index (χ1v) is 6.89. The van der Waals surface area contributed by atoms with Crippen LogP contribution in [0.3, 0.4) is 0 Å². The first-order chi connectivity index (χ1) is 9.51. The van der Waals surface area contributed by atoms with E-state index in [9.17, 15) is 8.78 Å². The fourth-order valence-corrected chi connectivity index (χ4v) is 2.65. The van der Waals surface area contributed by atoms with Gasteiger partial charge in [-0.1, -0.05) is 17.7 Å². The number of rotatable bonds is 4. The van der Waals surface area contributed by atoms with Crippen LogP contribution in [0.25, 0.3) is 0 Å². The summed E-state index contributed by atoms with van der Waals surface area (Å²) in [6.07, 6.45) is 0. The SMILES string of the molecule is COc1ccc(CNc2c(Cl)cc(F)cc2Br)c(F)c1. The molecule has 0 spiro atoms. The normalized spacial score (nSPS) is 10.4. The molecule has 0 aliphatic heterocycles. The Hall–Kier alpha value is -1.33. The Balaban J connectivity index is 2.17. The monoisotopic (exact) mass is 361 g/mol. The summed E-state index contributed by atoms with van der Waals surface area (Å²) in [7, 11) is 1.47. The van der Waals surface area contributed by atoms with E-state index in [0.717, 1.165) is 0 Å². The van der Waals surface area contributed by atoms with Crippen molar-refractivity contribution in [1.82, 2.24) is 0 Å². The van der Waals surface area contributed by atoms with Crippen molar-refractivity contribution in [1.29, 1.82) is 0 Å². The fourth-order valence-electron chi connectivity index (χ4n) is 1.69. The summed E-state index contributed by atoms with van der Waals surface area (Å²) in [5, 5.41) is 3.20. The molecule has 0 aliphatic rings. The van der Waals surface area contributed by atoms with E-state index in [0.29, 0.717) is 21.5 Å². The number of ether oxygens (including phenoxy) is 1. The Morgan fingerprint density at radius 3 is 2.60 bits per heavy atom. The maximum atomic E-state index is 13.8. The van der Waals surface area contributed by atoms with Gasteiger partial charge in [0.05, 0.1) is 17.8 Å². The topological polar surface area (TPSA) is 21.3 Å². The van der Waals surface area contributed by atoms with Crippen molar-refractivity contribution in [3.63, 3.8) is 0 Å². The smallest absolute Gasteiger partial charge is 0.131 e. The number of anilines is 1. The van der Waals surface area contributed by atoms with Crippen molar-refractivity contribution in [2.75, 3.05) is 12.4 Å². The van der Waals surface area contributed by atoms with Crippen molar-refractivity contribution in [2.24, 2.45) is 0 Å². The van der Waals surface area contributed by atoms with Gasteiger partial charge in [-0.15, -0.1) is 0 Å². The second-order valence-electron chi connectivity index (χ2n) is 4.06. The largest absolute Gasteiger partial charge is 0.497 e. The van der Waals surface area contributed by atoms with E-state index in [1.54, 1.807) is 12.1 Å². The van der Waals surface area contributed by atoms with Gasteiger partial charge in [-0.3, -0.25) is 0 Å². The Morgan fingerprint density at radius 2 is 2.00 bits per heavy atom. The van der Waals surface area contributed by atoms with Gasteiger partial charge in [0.1, 0.15) is 17.4 Å². The zero-order valence-corrected chi connectivity index (χ0v) is 12.9. The Kier molecular flexibility index (Phi) is 4.83. The molecule has 6 heteroatoms. The van der Waals surface area contributed by atoms with Gasteiger partial charge < -0.3 is 10.1 Å². The molecular formula is C14H11BrClF2NO. The van der Waals surface area contributed by atoms with Crippen molar-refractivity contribution in [3.05, 3.63) is 57.0 Å². The quantitative estimate of drug-likeness (QED) is 0.826. The van der Waals surface area contributed by atoms with Crippen molar-refractivity contribution in [2.45, 2.75) is 6.54 Å². The zero-order valence-electron chi connectivity index (χ0n) is 10.5. The van der Waals surface area contributed by atoms with Crippen LogP contribution in [0, 0.1) is 11.6 Å². The van der Waals surface area contributed by atoms with Crippen LogP contribution >= 0.6 is 27.5 Å². The van der Waals surface area contributed by atoms with Gasteiger partial charge in [-0.2, -0.15) is 0 Å². The molecule has 0 aromatic heterocycles. The van der Waals surface area contributed by atoms with Gasteiger partial charge in [0.2, 0.25) is 0 Å². The van der Waals surface area contributed by atoms with E-state index in [1.165, 1.54) is 25.3 Å². The van der Waals surface area contributed by atoms with E-state index < -0.39 is 5.82 Å². The third-order valence-electron chi connectivity index (χ3n) is 2.72. The summed E-state index contributed by atoms with van der Waals surface area (Å²) in [5.74, 6) is -0.374. The number of hydrogen-bond donors (Lipinski definition) is 1. The van der Waals surface area contributed by atoms with Gasteiger partial charge >= 0.3 is 0 Å². The molecule has 0 radical (unpaired) electrons. The summed E-state index contributed by atoms with van der Waals surface area (Å²) in [6, 6.07) is 7.07. The van der Waals surface area contributed by atoms with Crippen LogP contribution in [-0.4, -0.2) is 7.11 Å². The van der Waals surface area contributed by atoms with Crippen LogP contribution in [0.4, 0.5) is 14.5 Å². The molecule has 0 saturated heterocycles. The number of halogens is 4. The molecule has 0 saturated carbocycles. The lowest BCUT2D eigenvalue weighted by Gasteiger charge is -2.12. The third kappa shape index (κ3) is 3.41. The summed E-state index contributed by atoms with van der Waals surface area (Å²) < 4.78 is 32.3. The van der Waals surface area contributed by atoms with Crippen LogP contribution in [-0.2, 0) is 6.54 Å². The van der Waals surface area contributed by atoms with Crippen LogP contribution in [0.2, 0.25) is 5.02 Å². The summed E-state index contributed by atoms with van der Waals surface area (Å²) in [6.45, 7) is 0.222. The van der Waals surface area contributed by atoms with Crippen LogP contribution in [0.5, 0.6) is 5.75 Å². The first-order valence-electron chi connectivity index (χ1n) is 5.72. The lowest BCUT2D eigenvalue weighted by molar-refractivity contribution is 0.411. The average Bonchev–Trinajstić information content (AvgIpc) is 2.39. The molecule has 2 aromatic carbocycles. The minimum atomic E-state index is -0.442. The van der Waals surface area contributed by atoms with Gasteiger partial charge in [-0.05, 0) is 34.1 Å². The van der Waals surface area contributed by atoms with Gasteiger partial charge in [-0.25, -0.2) is 8.78 Å². The van der Waals surface area contributed by atoms with Crippen molar-refractivity contribution < 1.29 is 13.5 Å². The molecule has 2 nitrogen and oxygen atoms in total. The number of methoxy groups -OCH3 is 1. The average molecular weight is 363 g/mol. The Morgan fingerprint density at radius 1 is 1.25 bits per heavy atom. The molecule has 0 atom stereocenters. The molecule has 1 N–H and O–H groups in total. The molecule has 0 aliphatic carbocycles. The lowest BCUT2D eigenvalue weighted by Crippen LogP contribution is -2.03. The highest BCUT2D eigenvalue weighted by atomic mass is 79.9. The third-order valence-corrected chi connectivity index (χ3v) is 3.65. The summed E-state index contributed by atoms with van der Waals surface area (Å²) in [5.41, 5.74) is 0.973. The first kappa shape index (κ1) is 15.1. The number of hydrogen-bond acceptors (Lipinski definition) is 2. The maximum Gasteiger partial charge on any atom is 0.131 e. The predicted molar refractivity (Wildman–Crippen MR) is 79.4 cm³/mol. The molecule has 0 amide bonds. The molecule has 106 valence electrons. The molecule has 2 aromatic rings. The van der Waals surface area contributed by atoms with Crippen molar-refractivity contribution >= 4 is 33.2 Å². The number of benzene rings is 2. The Bertz CT molecular complexity index is 614. The highest BCUT2D eigenvalue weighted by Gasteiger charge is 2.09.